The first kappa shape index (κ1) is 23.4. The number of aryl methyl sites for hydroxylation is 1. The fourth-order valence-corrected chi connectivity index (χ4v) is 5.20. The summed E-state index contributed by atoms with van der Waals surface area (Å²) in [5.41, 5.74) is 2.87. The molecule has 1 aromatic carbocycles. The molecule has 2 atom stereocenters. The van der Waals surface area contributed by atoms with E-state index in [1.807, 2.05) is 50.4 Å². The molecule has 0 radical (unpaired) electrons. The Labute approximate surface area is 210 Å². The summed E-state index contributed by atoms with van der Waals surface area (Å²) >= 11 is 1.50. The third-order valence-corrected chi connectivity index (χ3v) is 7.36. The number of aromatic nitrogens is 4. The first-order chi connectivity index (χ1) is 17.0. The Morgan fingerprint density at radius 1 is 1.17 bits per heavy atom. The molecule has 1 N–H and O–H groups in total. The van der Waals surface area contributed by atoms with Gasteiger partial charge >= 0.3 is 0 Å². The van der Waals surface area contributed by atoms with Crippen molar-refractivity contribution < 1.29 is 4.74 Å². The average Bonchev–Trinajstić information content (AvgIpc) is 3.50. The maximum Gasteiger partial charge on any atom is 0.274 e. The zero-order valence-electron chi connectivity index (χ0n) is 20.6. The highest BCUT2D eigenvalue weighted by molar-refractivity contribution is 7.20. The number of nitrogens with one attached hydrogen (secondary N) is 1. The van der Waals surface area contributed by atoms with Crippen LogP contribution in [-0.4, -0.2) is 57.6 Å². The molecule has 1 fully saturated rings. The molecule has 35 heavy (non-hydrogen) atoms. The number of ether oxygens (including phenoxy) is 1. The summed E-state index contributed by atoms with van der Waals surface area (Å²) < 4.78 is 7.07. The van der Waals surface area contributed by atoms with Crippen LogP contribution in [0.4, 0.5) is 17.6 Å². The second-order valence-electron chi connectivity index (χ2n) is 8.95. The lowest BCUT2D eigenvalue weighted by Gasteiger charge is -2.25. The smallest absolute Gasteiger partial charge is 0.274 e. The van der Waals surface area contributed by atoms with E-state index in [2.05, 4.69) is 56.2 Å². The van der Waals surface area contributed by atoms with Crippen molar-refractivity contribution in [1.29, 1.82) is 0 Å². The van der Waals surface area contributed by atoms with Gasteiger partial charge in [-0.15, -0.1) is 0 Å². The van der Waals surface area contributed by atoms with Crippen molar-refractivity contribution in [2.45, 2.75) is 39.3 Å². The predicted molar refractivity (Wildman–Crippen MR) is 142 cm³/mol. The van der Waals surface area contributed by atoms with Gasteiger partial charge in [0.15, 0.2) is 0 Å². The maximum atomic E-state index is 6.10. The number of rotatable bonds is 8. The molecule has 182 valence electrons. The highest BCUT2D eigenvalue weighted by Gasteiger charge is 2.26. The number of pyridine rings is 1. The molecule has 1 aliphatic rings. The molecular weight excluding hydrogens is 458 g/mol. The molecule has 0 spiro atoms. The zero-order chi connectivity index (χ0) is 24.4. The summed E-state index contributed by atoms with van der Waals surface area (Å²) in [6.07, 6.45) is 2.87. The lowest BCUT2D eigenvalue weighted by Crippen LogP contribution is -2.35. The highest BCUT2D eigenvalue weighted by Crippen LogP contribution is 2.32. The Hall–Kier alpha value is -3.30. The van der Waals surface area contributed by atoms with E-state index in [1.54, 1.807) is 0 Å². The number of likely N-dealkylation sites (N-methyl/N-ethyl adjacent to an activating group) is 2. The van der Waals surface area contributed by atoms with Crippen molar-refractivity contribution in [3.8, 4) is 5.19 Å². The molecule has 8 nitrogen and oxygen atoms in total. The van der Waals surface area contributed by atoms with Gasteiger partial charge in [0.25, 0.3) is 5.19 Å². The van der Waals surface area contributed by atoms with E-state index in [-0.39, 0.29) is 6.10 Å². The van der Waals surface area contributed by atoms with Gasteiger partial charge in [-0.25, -0.2) is 15.0 Å². The van der Waals surface area contributed by atoms with Crippen LogP contribution in [0.1, 0.15) is 37.6 Å². The zero-order valence-corrected chi connectivity index (χ0v) is 21.4. The van der Waals surface area contributed by atoms with Gasteiger partial charge in [0.1, 0.15) is 17.7 Å². The van der Waals surface area contributed by atoms with Crippen molar-refractivity contribution in [3.05, 3.63) is 59.9 Å². The summed E-state index contributed by atoms with van der Waals surface area (Å²) in [5.74, 6) is 2.15. The Bertz CT molecular complexity index is 1300. The van der Waals surface area contributed by atoms with Gasteiger partial charge in [-0.2, -0.15) is 4.98 Å². The number of hydrogen-bond donors (Lipinski definition) is 1. The van der Waals surface area contributed by atoms with Gasteiger partial charge in [0.05, 0.1) is 10.2 Å². The van der Waals surface area contributed by atoms with E-state index in [0.29, 0.717) is 17.1 Å². The van der Waals surface area contributed by atoms with Gasteiger partial charge in [-0.1, -0.05) is 48.6 Å². The molecule has 0 aliphatic carbocycles. The largest absolute Gasteiger partial charge is 0.462 e. The SMILES string of the molecule is CCN1CC[C@H](N(C)c2nc(C)cc(Nc3cc4nc(O[C@H](C)c5ccccc5)sc4cn3)n2)C1. The minimum Gasteiger partial charge on any atom is -0.462 e. The molecule has 4 aromatic rings. The van der Waals surface area contributed by atoms with Crippen molar-refractivity contribution in [1.82, 2.24) is 24.8 Å². The van der Waals surface area contributed by atoms with E-state index in [1.165, 1.54) is 11.3 Å². The molecule has 5 rings (SSSR count). The first-order valence-electron chi connectivity index (χ1n) is 12.0. The Morgan fingerprint density at radius 3 is 2.77 bits per heavy atom. The van der Waals surface area contributed by atoms with Gasteiger partial charge in [0.2, 0.25) is 5.95 Å². The van der Waals surface area contributed by atoms with E-state index in [4.69, 9.17) is 9.72 Å². The molecule has 0 amide bonds. The van der Waals surface area contributed by atoms with E-state index >= 15 is 0 Å². The van der Waals surface area contributed by atoms with Crippen LogP contribution >= 0.6 is 11.3 Å². The van der Waals surface area contributed by atoms with Crippen LogP contribution in [0.5, 0.6) is 5.19 Å². The standard InChI is InChI=1S/C26H31N7OS/c1-5-33-12-11-20(16-33)32(4)25-28-17(2)13-24(31-25)30-23-14-21-22(15-27-23)35-26(29-21)34-18(3)19-9-7-6-8-10-19/h6-10,13-15,18,20H,5,11-12,16H2,1-4H3,(H,27,28,30,31)/t18-,20+/m1/s1. The van der Waals surface area contributed by atoms with E-state index in [9.17, 15) is 0 Å². The Morgan fingerprint density at radius 2 is 2.00 bits per heavy atom. The first-order valence-corrected chi connectivity index (χ1v) is 12.9. The minimum absolute atomic E-state index is 0.0778. The second-order valence-corrected chi connectivity index (χ2v) is 9.95. The average molecular weight is 490 g/mol. The van der Waals surface area contributed by atoms with Gasteiger partial charge in [-0.05, 0) is 32.4 Å². The number of likely N-dealkylation sites (tertiary alicyclic amines) is 1. The topological polar surface area (TPSA) is 79.3 Å². The molecule has 3 aromatic heterocycles. The van der Waals surface area contributed by atoms with E-state index in [0.717, 1.165) is 59.3 Å². The third kappa shape index (κ3) is 5.36. The van der Waals surface area contributed by atoms with Crippen LogP contribution in [-0.2, 0) is 0 Å². The molecular formula is C26H31N7OS. The number of thiazole rings is 1. The minimum atomic E-state index is -0.0778. The summed E-state index contributed by atoms with van der Waals surface area (Å²) in [5, 5.41) is 3.98. The number of hydrogen-bond acceptors (Lipinski definition) is 9. The van der Waals surface area contributed by atoms with Crippen LogP contribution in [0.25, 0.3) is 10.2 Å². The van der Waals surface area contributed by atoms with Crippen LogP contribution < -0.4 is 15.0 Å². The Kier molecular flexibility index (Phi) is 6.79. The third-order valence-electron chi connectivity index (χ3n) is 6.46. The number of fused-ring (bicyclic) bond motifs is 1. The fourth-order valence-electron chi connectivity index (χ4n) is 4.36. The number of anilines is 3. The van der Waals surface area contributed by atoms with Gasteiger partial charge in [-0.3, -0.25) is 0 Å². The number of benzene rings is 1. The maximum absolute atomic E-state index is 6.10. The summed E-state index contributed by atoms with van der Waals surface area (Å²) in [6.45, 7) is 9.47. The predicted octanol–water partition coefficient (Wildman–Crippen LogP) is 5.20. The second kappa shape index (κ2) is 10.1. The van der Waals surface area contributed by atoms with Crippen molar-refractivity contribution >= 4 is 39.1 Å². The summed E-state index contributed by atoms with van der Waals surface area (Å²) in [7, 11) is 2.08. The fraction of sp³-hybridized carbons (Fsp3) is 0.385. The molecule has 0 saturated carbocycles. The molecule has 0 unspecified atom stereocenters. The normalized spacial score (nSPS) is 17.0. The van der Waals surface area contributed by atoms with Crippen molar-refractivity contribution in [2.75, 3.05) is 36.9 Å². The highest BCUT2D eigenvalue weighted by atomic mass is 32.1. The monoisotopic (exact) mass is 489 g/mol. The number of nitrogens with zero attached hydrogens (tertiary/aromatic N) is 6. The summed E-state index contributed by atoms with van der Waals surface area (Å²) in [4.78, 5) is 23.4. The van der Waals surface area contributed by atoms with Gasteiger partial charge < -0.3 is 19.9 Å². The summed E-state index contributed by atoms with van der Waals surface area (Å²) in [6, 6.07) is 14.4. The van der Waals surface area contributed by atoms with Crippen LogP contribution in [0.2, 0.25) is 0 Å². The van der Waals surface area contributed by atoms with Crippen molar-refractivity contribution in [2.24, 2.45) is 0 Å². The van der Waals surface area contributed by atoms with Gasteiger partial charge in [0, 0.05) is 50.2 Å². The molecule has 0 bridgehead atoms. The lowest BCUT2D eigenvalue weighted by molar-refractivity contribution is 0.226. The molecule has 1 aliphatic heterocycles. The van der Waals surface area contributed by atoms with Crippen LogP contribution in [0, 0.1) is 6.92 Å². The molecule has 4 heterocycles. The lowest BCUT2D eigenvalue weighted by atomic mass is 10.1. The Balaban J connectivity index is 1.31. The van der Waals surface area contributed by atoms with Crippen LogP contribution in [0.15, 0.2) is 48.7 Å². The van der Waals surface area contributed by atoms with Crippen molar-refractivity contribution in [3.63, 3.8) is 0 Å². The quantitative estimate of drug-likeness (QED) is 0.362. The molecule has 1 saturated heterocycles. The van der Waals surface area contributed by atoms with Crippen LogP contribution in [0.3, 0.4) is 0 Å². The molecule has 9 heteroatoms. The van der Waals surface area contributed by atoms with E-state index < -0.39 is 0 Å².